The molecule has 0 spiro atoms. The van der Waals surface area contributed by atoms with E-state index in [1.807, 2.05) is 37.3 Å². The molecule has 1 heterocycles. The predicted molar refractivity (Wildman–Crippen MR) is 81.9 cm³/mol. The van der Waals surface area contributed by atoms with Crippen molar-refractivity contribution in [3.63, 3.8) is 0 Å². The van der Waals surface area contributed by atoms with Crippen LogP contribution in [0.4, 0.5) is 23.1 Å². The van der Waals surface area contributed by atoms with Crippen LogP contribution in [-0.2, 0) is 0 Å². The topological polar surface area (TPSA) is 93.0 Å². The number of benzene rings is 1. The van der Waals surface area contributed by atoms with E-state index < -0.39 is 4.92 Å². The van der Waals surface area contributed by atoms with E-state index in [0.29, 0.717) is 18.2 Å². The molecule has 0 saturated carbocycles. The fourth-order valence-corrected chi connectivity index (χ4v) is 1.85. The average Bonchev–Trinajstić information content (AvgIpc) is 2.45. The molecule has 0 atom stereocenters. The quantitative estimate of drug-likeness (QED) is 0.625. The van der Waals surface area contributed by atoms with Crippen molar-refractivity contribution in [3.05, 3.63) is 46.1 Å². The summed E-state index contributed by atoms with van der Waals surface area (Å²) in [5, 5.41) is 17.2. The van der Waals surface area contributed by atoms with Crippen molar-refractivity contribution in [2.75, 3.05) is 17.2 Å². The van der Waals surface area contributed by atoms with Crippen LogP contribution in [0, 0.1) is 17.0 Å². The molecule has 0 fully saturated rings. The molecule has 0 saturated heterocycles. The standard InChI is InChI=1S/C14H17N5O2/c1-3-9-15-14-16-10(2)12(19(20)21)13(18-14)17-11-7-5-4-6-8-11/h4-8H,3,9H2,1-2H3,(H2,15,16,17,18). The fraction of sp³-hybridized carbons (Fsp3) is 0.286. The number of nitro groups is 1. The maximum absolute atomic E-state index is 11.2. The van der Waals surface area contributed by atoms with E-state index in [2.05, 4.69) is 20.6 Å². The molecule has 0 unspecified atom stereocenters. The van der Waals surface area contributed by atoms with Gasteiger partial charge in [0.25, 0.3) is 0 Å². The monoisotopic (exact) mass is 287 g/mol. The van der Waals surface area contributed by atoms with Gasteiger partial charge in [0.05, 0.1) is 4.92 Å². The summed E-state index contributed by atoms with van der Waals surface area (Å²) in [5.74, 6) is 0.579. The first-order valence-corrected chi connectivity index (χ1v) is 6.70. The van der Waals surface area contributed by atoms with Crippen molar-refractivity contribution in [2.24, 2.45) is 0 Å². The smallest absolute Gasteiger partial charge is 0.332 e. The Bertz CT molecular complexity index is 631. The number of hydrogen-bond acceptors (Lipinski definition) is 6. The predicted octanol–water partition coefficient (Wildman–Crippen LogP) is 3.26. The summed E-state index contributed by atoms with van der Waals surface area (Å²) in [6.07, 6.45) is 0.918. The van der Waals surface area contributed by atoms with Crippen LogP contribution in [0.5, 0.6) is 0 Å². The molecule has 0 bridgehead atoms. The van der Waals surface area contributed by atoms with Gasteiger partial charge in [-0.25, -0.2) is 4.98 Å². The Morgan fingerprint density at radius 3 is 2.57 bits per heavy atom. The number of aryl methyl sites for hydroxylation is 1. The second kappa shape index (κ2) is 6.65. The number of anilines is 3. The van der Waals surface area contributed by atoms with E-state index in [4.69, 9.17) is 0 Å². The van der Waals surface area contributed by atoms with Crippen LogP contribution in [0.15, 0.2) is 30.3 Å². The zero-order valence-electron chi connectivity index (χ0n) is 12.0. The highest BCUT2D eigenvalue weighted by molar-refractivity contribution is 5.68. The third kappa shape index (κ3) is 3.65. The lowest BCUT2D eigenvalue weighted by atomic mass is 10.3. The van der Waals surface area contributed by atoms with E-state index in [9.17, 15) is 10.1 Å². The number of hydrogen-bond donors (Lipinski definition) is 2. The molecule has 2 aromatic rings. The van der Waals surface area contributed by atoms with Crippen molar-refractivity contribution in [2.45, 2.75) is 20.3 Å². The van der Waals surface area contributed by atoms with Crippen LogP contribution in [-0.4, -0.2) is 21.4 Å². The SMILES string of the molecule is CCCNc1nc(C)c([N+](=O)[O-])c(Nc2ccccc2)n1. The number of nitrogens with zero attached hydrogens (tertiary/aromatic N) is 3. The molecule has 1 aromatic carbocycles. The van der Waals surface area contributed by atoms with Gasteiger partial charge < -0.3 is 10.6 Å². The van der Waals surface area contributed by atoms with Crippen molar-refractivity contribution in [3.8, 4) is 0 Å². The fourth-order valence-electron chi connectivity index (χ4n) is 1.85. The summed E-state index contributed by atoms with van der Waals surface area (Å²) in [6.45, 7) is 4.34. The van der Waals surface area contributed by atoms with Gasteiger partial charge in [0, 0.05) is 12.2 Å². The van der Waals surface area contributed by atoms with Crippen LogP contribution in [0.3, 0.4) is 0 Å². The zero-order chi connectivity index (χ0) is 15.2. The molecule has 110 valence electrons. The average molecular weight is 287 g/mol. The van der Waals surface area contributed by atoms with Gasteiger partial charge in [0.2, 0.25) is 11.8 Å². The molecule has 2 rings (SSSR count). The summed E-state index contributed by atoms with van der Waals surface area (Å²) in [5.41, 5.74) is 0.952. The first kappa shape index (κ1) is 14.7. The number of para-hydroxylation sites is 1. The molecular weight excluding hydrogens is 270 g/mol. The summed E-state index contributed by atoms with van der Waals surface area (Å²) < 4.78 is 0. The van der Waals surface area contributed by atoms with E-state index >= 15 is 0 Å². The van der Waals surface area contributed by atoms with Gasteiger partial charge >= 0.3 is 5.69 Å². The van der Waals surface area contributed by atoms with Crippen LogP contribution in [0.1, 0.15) is 19.0 Å². The van der Waals surface area contributed by atoms with Gasteiger partial charge in [-0.2, -0.15) is 4.98 Å². The molecular formula is C14H17N5O2. The minimum atomic E-state index is -0.468. The van der Waals surface area contributed by atoms with Gasteiger partial charge in [-0.05, 0) is 25.5 Å². The molecule has 21 heavy (non-hydrogen) atoms. The second-order valence-corrected chi connectivity index (χ2v) is 4.50. The third-order valence-electron chi connectivity index (χ3n) is 2.81. The highest BCUT2D eigenvalue weighted by Gasteiger charge is 2.22. The highest BCUT2D eigenvalue weighted by Crippen LogP contribution is 2.29. The molecule has 7 nitrogen and oxygen atoms in total. The molecule has 2 N–H and O–H groups in total. The first-order valence-electron chi connectivity index (χ1n) is 6.70. The highest BCUT2D eigenvalue weighted by atomic mass is 16.6. The maximum atomic E-state index is 11.2. The van der Waals surface area contributed by atoms with Crippen molar-refractivity contribution in [1.29, 1.82) is 0 Å². The lowest BCUT2D eigenvalue weighted by Crippen LogP contribution is -2.10. The molecule has 0 radical (unpaired) electrons. The van der Waals surface area contributed by atoms with Crippen LogP contribution in [0.2, 0.25) is 0 Å². The van der Waals surface area contributed by atoms with Crippen molar-refractivity contribution >= 4 is 23.1 Å². The minimum Gasteiger partial charge on any atom is -0.354 e. The van der Waals surface area contributed by atoms with Gasteiger partial charge in [-0.1, -0.05) is 25.1 Å². The Morgan fingerprint density at radius 1 is 1.24 bits per heavy atom. The Morgan fingerprint density at radius 2 is 1.95 bits per heavy atom. The molecule has 0 aliphatic heterocycles. The van der Waals surface area contributed by atoms with Gasteiger partial charge in [0.15, 0.2) is 0 Å². The Labute approximate surface area is 122 Å². The van der Waals surface area contributed by atoms with Crippen LogP contribution in [0.25, 0.3) is 0 Å². The van der Waals surface area contributed by atoms with Gasteiger partial charge in [-0.15, -0.1) is 0 Å². The summed E-state index contributed by atoms with van der Waals surface area (Å²) >= 11 is 0. The second-order valence-electron chi connectivity index (χ2n) is 4.50. The molecule has 0 aliphatic carbocycles. The Kier molecular flexibility index (Phi) is 4.65. The lowest BCUT2D eigenvalue weighted by molar-refractivity contribution is -0.385. The third-order valence-corrected chi connectivity index (χ3v) is 2.81. The lowest BCUT2D eigenvalue weighted by Gasteiger charge is -2.10. The number of aromatic nitrogens is 2. The Hall–Kier alpha value is -2.70. The Balaban J connectivity index is 2.39. The van der Waals surface area contributed by atoms with E-state index in [0.717, 1.165) is 12.1 Å². The minimum absolute atomic E-state index is 0.110. The van der Waals surface area contributed by atoms with Crippen LogP contribution < -0.4 is 10.6 Å². The molecule has 0 aliphatic rings. The zero-order valence-corrected chi connectivity index (χ0v) is 12.0. The number of rotatable bonds is 6. The largest absolute Gasteiger partial charge is 0.354 e. The van der Waals surface area contributed by atoms with E-state index in [-0.39, 0.29) is 11.5 Å². The van der Waals surface area contributed by atoms with Crippen molar-refractivity contribution in [1.82, 2.24) is 9.97 Å². The van der Waals surface area contributed by atoms with Gasteiger partial charge in [0.1, 0.15) is 5.69 Å². The van der Waals surface area contributed by atoms with E-state index in [1.54, 1.807) is 6.92 Å². The van der Waals surface area contributed by atoms with Crippen LogP contribution >= 0.6 is 0 Å². The first-order chi connectivity index (χ1) is 10.1. The molecule has 1 aromatic heterocycles. The van der Waals surface area contributed by atoms with Gasteiger partial charge in [-0.3, -0.25) is 10.1 Å². The maximum Gasteiger partial charge on any atom is 0.332 e. The summed E-state index contributed by atoms with van der Waals surface area (Å²) in [4.78, 5) is 19.1. The van der Waals surface area contributed by atoms with Crippen molar-refractivity contribution < 1.29 is 4.92 Å². The normalized spacial score (nSPS) is 10.2. The summed E-state index contributed by atoms with van der Waals surface area (Å²) in [6, 6.07) is 9.20. The van der Waals surface area contributed by atoms with E-state index in [1.165, 1.54) is 0 Å². The number of nitrogens with one attached hydrogen (secondary N) is 2. The summed E-state index contributed by atoms with van der Waals surface area (Å²) in [7, 11) is 0. The molecule has 0 amide bonds. The molecule has 7 heteroatoms.